The summed E-state index contributed by atoms with van der Waals surface area (Å²) in [7, 11) is 0. The number of likely N-dealkylation sites (N-methyl/N-ethyl adjacent to an activating group) is 1. The summed E-state index contributed by atoms with van der Waals surface area (Å²) in [6.45, 7) is 7.74. The van der Waals surface area contributed by atoms with Gasteiger partial charge in [-0.15, -0.1) is 0 Å². The smallest absolute Gasteiger partial charge is 0.231 e. The normalized spacial score (nSPS) is 15.8. The van der Waals surface area contributed by atoms with Crippen molar-refractivity contribution in [3.05, 3.63) is 30.6 Å². The average Bonchev–Trinajstić information content (AvgIpc) is 2.56. The minimum atomic E-state index is 0.211. The Morgan fingerprint density at radius 2 is 1.82 bits per heavy atom. The molecule has 1 aromatic heterocycles. The number of nitrogens with one attached hydrogen (secondary N) is 1. The molecule has 2 aromatic rings. The van der Waals surface area contributed by atoms with E-state index >= 15 is 0 Å². The average molecular weight is 299 g/mol. The van der Waals surface area contributed by atoms with Crippen molar-refractivity contribution in [2.45, 2.75) is 6.92 Å². The monoisotopic (exact) mass is 299 g/mol. The minimum absolute atomic E-state index is 0.211. The molecule has 1 saturated heterocycles. The molecule has 0 spiro atoms. The molecule has 22 heavy (non-hydrogen) atoms. The molecule has 2 heterocycles. The SMILES string of the molecule is CCN1CCN(c2ccc(Nc3ncnc(N)n3)cc2)CC1. The highest BCUT2D eigenvalue weighted by atomic mass is 15.3. The summed E-state index contributed by atoms with van der Waals surface area (Å²) in [5.74, 6) is 0.666. The number of hydrogen-bond donors (Lipinski definition) is 2. The Bertz CT molecular complexity index is 606. The topological polar surface area (TPSA) is 83.2 Å². The molecule has 1 aromatic carbocycles. The predicted octanol–water partition coefficient (Wildman–Crippen LogP) is 1.34. The maximum atomic E-state index is 5.54. The van der Waals surface area contributed by atoms with Crippen molar-refractivity contribution >= 4 is 23.3 Å². The first-order chi connectivity index (χ1) is 10.7. The molecule has 3 rings (SSSR count). The van der Waals surface area contributed by atoms with Crippen LogP contribution in [0.1, 0.15) is 6.92 Å². The van der Waals surface area contributed by atoms with Gasteiger partial charge in [-0.05, 0) is 30.8 Å². The highest BCUT2D eigenvalue weighted by molar-refractivity contribution is 5.59. The molecule has 3 N–H and O–H groups in total. The molecule has 7 heteroatoms. The minimum Gasteiger partial charge on any atom is -0.369 e. The van der Waals surface area contributed by atoms with Crippen molar-refractivity contribution in [1.82, 2.24) is 19.9 Å². The van der Waals surface area contributed by atoms with Gasteiger partial charge in [0.25, 0.3) is 0 Å². The molecule has 0 atom stereocenters. The molecule has 1 aliphatic rings. The first-order valence-corrected chi connectivity index (χ1v) is 7.53. The Labute approximate surface area is 130 Å². The molecule has 116 valence electrons. The molecule has 1 fully saturated rings. The summed E-state index contributed by atoms with van der Waals surface area (Å²) in [5.41, 5.74) is 7.72. The van der Waals surface area contributed by atoms with Gasteiger partial charge in [-0.3, -0.25) is 0 Å². The van der Waals surface area contributed by atoms with Crippen LogP contribution >= 0.6 is 0 Å². The molecule has 0 aliphatic carbocycles. The number of nitrogens with zero attached hydrogens (tertiary/aromatic N) is 5. The predicted molar refractivity (Wildman–Crippen MR) is 88.3 cm³/mol. The van der Waals surface area contributed by atoms with Crippen molar-refractivity contribution in [1.29, 1.82) is 0 Å². The van der Waals surface area contributed by atoms with Gasteiger partial charge in [0.05, 0.1) is 0 Å². The van der Waals surface area contributed by atoms with Crippen LogP contribution in [0.25, 0.3) is 0 Å². The summed E-state index contributed by atoms with van der Waals surface area (Å²) in [4.78, 5) is 16.7. The van der Waals surface area contributed by atoms with E-state index in [1.165, 1.54) is 12.0 Å². The summed E-state index contributed by atoms with van der Waals surface area (Å²) in [5, 5.41) is 3.12. The molecule has 1 aliphatic heterocycles. The van der Waals surface area contributed by atoms with E-state index in [9.17, 15) is 0 Å². The third-order valence-corrected chi connectivity index (χ3v) is 3.90. The zero-order valence-electron chi connectivity index (χ0n) is 12.7. The molecule has 7 nitrogen and oxygen atoms in total. The second kappa shape index (κ2) is 6.57. The highest BCUT2D eigenvalue weighted by Crippen LogP contribution is 2.21. The van der Waals surface area contributed by atoms with E-state index in [0.29, 0.717) is 5.95 Å². The van der Waals surface area contributed by atoms with Gasteiger partial charge >= 0.3 is 0 Å². The lowest BCUT2D eigenvalue weighted by molar-refractivity contribution is 0.271. The van der Waals surface area contributed by atoms with Crippen LogP contribution in [-0.4, -0.2) is 52.6 Å². The third-order valence-electron chi connectivity index (χ3n) is 3.90. The fourth-order valence-corrected chi connectivity index (χ4v) is 2.58. The number of anilines is 4. The quantitative estimate of drug-likeness (QED) is 0.881. The van der Waals surface area contributed by atoms with Gasteiger partial charge in [0.2, 0.25) is 11.9 Å². The van der Waals surface area contributed by atoms with Gasteiger partial charge in [0.15, 0.2) is 0 Å². The van der Waals surface area contributed by atoms with E-state index in [0.717, 1.165) is 38.4 Å². The van der Waals surface area contributed by atoms with Crippen LogP contribution in [0.4, 0.5) is 23.3 Å². The van der Waals surface area contributed by atoms with Crippen molar-refractivity contribution in [3.63, 3.8) is 0 Å². The maximum Gasteiger partial charge on any atom is 0.231 e. The second-order valence-electron chi connectivity index (χ2n) is 5.26. The summed E-state index contributed by atoms with van der Waals surface area (Å²) in [6.07, 6.45) is 1.40. The lowest BCUT2D eigenvalue weighted by Crippen LogP contribution is -2.46. The van der Waals surface area contributed by atoms with E-state index in [1.54, 1.807) is 0 Å². The Morgan fingerprint density at radius 3 is 2.45 bits per heavy atom. The van der Waals surface area contributed by atoms with Crippen LogP contribution < -0.4 is 16.0 Å². The Balaban J connectivity index is 1.63. The van der Waals surface area contributed by atoms with Crippen molar-refractivity contribution in [2.75, 3.05) is 48.7 Å². The number of aromatic nitrogens is 3. The van der Waals surface area contributed by atoms with Gasteiger partial charge in [0.1, 0.15) is 6.33 Å². The van der Waals surface area contributed by atoms with Gasteiger partial charge < -0.3 is 20.9 Å². The van der Waals surface area contributed by atoms with Crippen LogP contribution in [0, 0.1) is 0 Å². The summed E-state index contributed by atoms with van der Waals surface area (Å²) >= 11 is 0. The molecular formula is C15H21N7. The lowest BCUT2D eigenvalue weighted by atomic mass is 10.2. The first kappa shape index (κ1) is 14.5. The Hall–Kier alpha value is -2.41. The highest BCUT2D eigenvalue weighted by Gasteiger charge is 2.15. The van der Waals surface area contributed by atoms with Crippen LogP contribution in [0.5, 0.6) is 0 Å². The van der Waals surface area contributed by atoms with Gasteiger partial charge in [-0.2, -0.15) is 4.98 Å². The van der Waals surface area contributed by atoms with Gasteiger partial charge in [0, 0.05) is 37.6 Å². The van der Waals surface area contributed by atoms with E-state index < -0.39 is 0 Å². The standard InChI is InChI=1S/C15H21N7/c1-2-21-7-9-22(10-8-21)13-5-3-12(4-6-13)19-15-18-11-17-14(16)20-15/h3-6,11H,2,7-10H2,1H3,(H3,16,17,18,19,20). The number of nitrogen functional groups attached to an aromatic ring is 1. The first-order valence-electron chi connectivity index (χ1n) is 7.53. The van der Waals surface area contributed by atoms with Gasteiger partial charge in [-0.25, -0.2) is 9.97 Å². The van der Waals surface area contributed by atoms with Crippen LogP contribution in [-0.2, 0) is 0 Å². The second-order valence-corrected chi connectivity index (χ2v) is 5.26. The van der Waals surface area contributed by atoms with Crippen molar-refractivity contribution in [3.8, 4) is 0 Å². The van der Waals surface area contributed by atoms with E-state index in [2.05, 4.69) is 49.1 Å². The van der Waals surface area contributed by atoms with Crippen LogP contribution in [0.3, 0.4) is 0 Å². The number of benzene rings is 1. The zero-order valence-corrected chi connectivity index (χ0v) is 12.7. The summed E-state index contributed by atoms with van der Waals surface area (Å²) in [6, 6.07) is 8.30. The number of nitrogens with two attached hydrogens (primary N) is 1. The fourth-order valence-electron chi connectivity index (χ4n) is 2.58. The Kier molecular flexibility index (Phi) is 4.34. The van der Waals surface area contributed by atoms with E-state index in [4.69, 9.17) is 5.73 Å². The largest absolute Gasteiger partial charge is 0.369 e. The number of rotatable bonds is 4. The molecule has 0 bridgehead atoms. The number of piperazine rings is 1. The van der Waals surface area contributed by atoms with E-state index in [-0.39, 0.29) is 5.95 Å². The molecule has 0 amide bonds. The van der Waals surface area contributed by atoms with Crippen molar-refractivity contribution in [2.24, 2.45) is 0 Å². The molecular weight excluding hydrogens is 278 g/mol. The molecule has 0 radical (unpaired) electrons. The lowest BCUT2D eigenvalue weighted by Gasteiger charge is -2.35. The maximum absolute atomic E-state index is 5.54. The van der Waals surface area contributed by atoms with Crippen LogP contribution in [0.2, 0.25) is 0 Å². The molecule has 0 unspecified atom stereocenters. The van der Waals surface area contributed by atoms with Crippen LogP contribution in [0.15, 0.2) is 30.6 Å². The zero-order chi connectivity index (χ0) is 15.4. The molecule has 0 saturated carbocycles. The fraction of sp³-hybridized carbons (Fsp3) is 0.400. The number of hydrogen-bond acceptors (Lipinski definition) is 7. The third kappa shape index (κ3) is 3.43. The van der Waals surface area contributed by atoms with Crippen molar-refractivity contribution < 1.29 is 0 Å². The van der Waals surface area contributed by atoms with E-state index in [1.807, 2.05) is 12.1 Å². The van der Waals surface area contributed by atoms with Gasteiger partial charge in [-0.1, -0.05) is 6.92 Å². The summed E-state index contributed by atoms with van der Waals surface area (Å²) < 4.78 is 0. The Morgan fingerprint density at radius 1 is 1.09 bits per heavy atom.